The van der Waals surface area contributed by atoms with Gasteiger partial charge >= 0.3 is 0 Å². The highest BCUT2D eigenvalue weighted by Crippen LogP contribution is 2.12. The molecule has 0 aromatic rings. The smallest absolute Gasteiger partial charge is 0.104 e. The maximum absolute atomic E-state index is 9.08. The number of hydrogen-bond donors (Lipinski definition) is 1. The Kier molecular flexibility index (Phi) is 7.37. The van der Waals surface area contributed by atoms with Crippen molar-refractivity contribution in [3.05, 3.63) is 0 Å². The number of nitriles is 1. The van der Waals surface area contributed by atoms with Crippen molar-refractivity contribution in [1.29, 1.82) is 5.26 Å². The molecule has 1 N–H and O–H groups in total. The van der Waals surface area contributed by atoms with E-state index in [0.29, 0.717) is 6.04 Å². The minimum absolute atomic E-state index is 0.339. The van der Waals surface area contributed by atoms with Gasteiger partial charge in [-0.25, -0.2) is 0 Å². The summed E-state index contributed by atoms with van der Waals surface area (Å²) < 4.78 is 5.39. The van der Waals surface area contributed by atoms with Crippen LogP contribution in [-0.4, -0.2) is 24.8 Å². The third-order valence-corrected chi connectivity index (χ3v) is 2.17. The highest BCUT2D eigenvalue weighted by molar-refractivity contribution is 5.04. The first-order valence-electron chi connectivity index (χ1n) is 5.80. The maximum Gasteiger partial charge on any atom is 0.104 e. The molecule has 0 saturated heterocycles. The van der Waals surface area contributed by atoms with Crippen LogP contribution in [0.4, 0.5) is 0 Å². The molecule has 0 aliphatic carbocycles. The number of rotatable bonds is 8. The SMILES string of the molecule is CCCOCCCC(C)(C#N)NC(C)C. The Morgan fingerprint density at radius 1 is 1.40 bits per heavy atom. The lowest BCUT2D eigenvalue weighted by Gasteiger charge is -2.25. The van der Waals surface area contributed by atoms with Crippen LogP contribution < -0.4 is 5.32 Å². The van der Waals surface area contributed by atoms with Gasteiger partial charge in [-0.2, -0.15) is 5.26 Å². The van der Waals surface area contributed by atoms with Crippen molar-refractivity contribution in [1.82, 2.24) is 5.32 Å². The molecule has 15 heavy (non-hydrogen) atoms. The molecule has 0 heterocycles. The summed E-state index contributed by atoms with van der Waals surface area (Å²) in [6.45, 7) is 9.74. The van der Waals surface area contributed by atoms with E-state index in [9.17, 15) is 0 Å². The molecule has 1 atom stereocenters. The Morgan fingerprint density at radius 2 is 2.07 bits per heavy atom. The Morgan fingerprint density at radius 3 is 2.53 bits per heavy atom. The van der Waals surface area contributed by atoms with E-state index in [2.05, 4.69) is 32.2 Å². The quantitative estimate of drug-likeness (QED) is 0.629. The fourth-order valence-corrected chi connectivity index (χ4v) is 1.57. The van der Waals surface area contributed by atoms with E-state index in [1.807, 2.05) is 6.92 Å². The second kappa shape index (κ2) is 7.67. The Labute approximate surface area is 93.8 Å². The molecule has 0 amide bonds. The molecule has 3 heteroatoms. The van der Waals surface area contributed by atoms with E-state index in [0.717, 1.165) is 32.5 Å². The lowest BCUT2D eigenvalue weighted by molar-refractivity contribution is 0.126. The summed E-state index contributed by atoms with van der Waals surface area (Å²) in [5.74, 6) is 0. The molecular weight excluding hydrogens is 188 g/mol. The number of hydrogen-bond acceptors (Lipinski definition) is 3. The molecule has 0 saturated carbocycles. The van der Waals surface area contributed by atoms with Crippen LogP contribution >= 0.6 is 0 Å². The van der Waals surface area contributed by atoms with Crippen molar-refractivity contribution in [2.75, 3.05) is 13.2 Å². The molecule has 1 unspecified atom stereocenters. The highest BCUT2D eigenvalue weighted by Gasteiger charge is 2.23. The molecule has 0 rings (SSSR count). The van der Waals surface area contributed by atoms with Gasteiger partial charge in [0.25, 0.3) is 0 Å². The van der Waals surface area contributed by atoms with Crippen molar-refractivity contribution in [3.63, 3.8) is 0 Å². The van der Waals surface area contributed by atoms with Crippen LogP contribution in [0.15, 0.2) is 0 Å². The topological polar surface area (TPSA) is 45.0 Å². The monoisotopic (exact) mass is 212 g/mol. The van der Waals surface area contributed by atoms with Gasteiger partial charge in [-0.15, -0.1) is 0 Å². The standard InChI is InChI=1S/C12H24N2O/c1-5-8-15-9-6-7-12(4,10-13)14-11(2)3/h11,14H,5-9H2,1-4H3. The molecule has 0 radical (unpaired) electrons. The summed E-state index contributed by atoms with van der Waals surface area (Å²) in [5.41, 5.74) is -0.413. The van der Waals surface area contributed by atoms with Gasteiger partial charge in [0.15, 0.2) is 0 Å². The van der Waals surface area contributed by atoms with Crippen LogP contribution in [0.1, 0.15) is 47.0 Å². The zero-order chi connectivity index (χ0) is 11.7. The van der Waals surface area contributed by atoms with E-state index < -0.39 is 5.54 Å². The molecule has 0 fully saturated rings. The Balaban J connectivity index is 3.74. The van der Waals surface area contributed by atoms with Gasteiger partial charge in [0.2, 0.25) is 0 Å². The van der Waals surface area contributed by atoms with Gasteiger partial charge in [-0.05, 0) is 40.0 Å². The molecule has 88 valence electrons. The van der Waals surface area contributed by atoms with E-state index in [-0.39, 0.29) is 0 Å². The Hall–Kier alpha value is -0.590. The molecule has 0 aromatic carbocycles. The van der Waals surface area contributed by atoms with Crippen molar-refractivity contribution in [2.45, 2.75) is 58.5 Å². The summed E-state index contributed by atoms with van der Waals surface area (Å²) in [6, 6.07) is 2.67. The van der Waals surface area contributed by atoms with Gasteiger partial charge in [-0.3, -0.25) is 5.32 Å². The summed E-state index contributed by atoms with van der Waals surface area (Å²) in [5, 5.41) is 12.4. The third-order valence-electron chi connectivity index (χ3n) is 2.17. The molecular formula is C12H24N2O. The van der Waals surface area contributed by atoms with Crippen LogP contribution in [0.3, 0.4) is 0 Å². The minimum Gasteiger partial charge on any atom is -0.381 e. The largest absolute Gasteiger partial charge is 0.381 e. The van der Waals surface area contributed by atoms with E-state index >= 15 is 0 Å². The molecule has 0 aliphatic rings. The van der Waals surface area contributed by atoms with Crippen LogP contribution in [0, 0.1) is 11.3 Å². The van der Waals surface area contributed by atoms with Crippen LogP contribution in [-0.2, 0) is 4.74 Å². The predicted molar refractivity (Wildman–Crippen MR) is 62.6 cm³/mol. The molecule has 0 bridgehead atoms. The highest BCUT2D eigenvalue weighted by atomic mass is 16.5. The average molecular weight is 212 g/mol. The zero-order valence-corrected chi connectivity index (χ0v) is 10.5. The van der Waals surface area contributed by atoms with Crippen LogP contribution in [0.5, 0.6) is 0 Å². The second-order valence-electron chi connectivity index (χ2n) is 4.46. The van der Waals surface area contributed by atoms with Crippen LogP contribution in [0.25, 0.3) is 0 Å². The molecule has 0 spiro atoms. The summed E-state index contributed by atoms with van der Waals surface area (Å²) in [6.07, 6.45) is 2.83. The van der Waals surface area contributed by atoms with Crippen molar-refractivity contribution < 1.29 is 4.74 Å². The van der Waals surface area contributed by atoms with Gasteiger partial charge in [0.05, 0.1) is 6.07 Å². The van der Waals surface area contributed by atoms with Crippen molar-refractivity contribution in [2.24, 2.45) is 0 Å². The number of ether oxygens (including phenoxy) is 1. The van der Waals surface area contributed by atoms with Gasteiger partial charge in [0.1, 0.15) is 5.54 Å². The maximum atomic E-state index is 9.08. The molecule has 0 aliphatic heterocycles. The predicted octanol–water partition coefficient (Wildman–Crippen LogP) is 2.47. The van der Waals surface area contributed by atoms with Crippen LogP contribution in [0.2, 0.25) is 0 Å². The average Bonchev–Trinajstić information content (AvgIpc) is 2.16. The second-order valence-corrected chi connectivity index (χ2v) is 4.46. The lowest BCUT2D eigenvalue weighted by Crippen LogP contribution is -2.45. The van der Waals surface area contributed by atoms with Crippen molar-refractivity contribution in [3.8, 4) is 6.07 Å². The van der Waals surface area contributed by atoms with Gasteiger partial charge in [0, 0.05) is 19.3 Å². The van der Waals surface area contributed by atoms with Crippen molar-refractivity contribution >= 4 is 0 Å². The van der Waals surface area contributed by atoms with Gasteiger partial charge in [-0.1, -0.05) is 6.92 Å². The normalized spacial score (nSPS) is 14.9. The first kappa shape index (κ1) is 14.4. The summed E-state index contributed by atoms with van der Waals surface area (Å²) in [4.78, 5) is 0. The molecule has 3 nitrogen and oxygen atoms in total. The van der Waals surface area contributed by atoms with E-state index in [1.54, 1.807) is 0 Å². The summed E-state index contributed by atoms with van der Waals surface area (Å²) in [7, 11) is 0. The zero-order valence-electron chi connectivity index (χ0n) is 10.5. The molecule has 0 aromatic heterocycles. The number of nitrogens with zero attached hydrogens (tertiary/aromatic N) is 1. The number of nitrogens with one attached hydrogen (secondary N) is 1. The fourth-order valence-electron chi connectivity index (χ4n) is 1.57. The fraction of sp³-hybridized carbons (Fsp3) is 0.917. The Bertz CT molecular complexity index is 198. The minimum atomic E-state index is -0.413. The first-order valence-corrected chi connectivity index (χ1v) is 5.80. The third kappa shape index (κ3) is 7.35. The van der Waals surface area contributed by atoms with Gasteiger partial charge < -0.3 is 4.74 Å². The van der Waals surface area contributed by atoms with E-state index in [4.69, 9.17) is 10.00 Å². The summed E-state index contributed by atoms with van der Waals surface area (Å²) >= 11 is 0. The lowest BCUT2D eigenvalue weighted by atomic mass is 9.97. The first-order chi connectivity index (χ1) is 7.04. The van der Waals surface area contributed by atoms with E-state index in [1.165, 1.54) is 0 Å².